The molecule has 0 radical (unpaired) electrons. The normalized spacial score (nSPS) is 11.6. The van der Waals surface area contributed by atoms with Crippen LogP contribution in [-0.2, 0) is 0 Å². The van der Waals surface area contributed by atoms with Gasteiger partial charge in [-0.05, 0) is 25.1 Å². The van der Waals surface area contributed by atoms with Crippen LogP contribution in [-0.4, -0.2) is 21.1 Å². The highest BCUT2D eigenvalue weighted by molar-refractivity contribution is 5.57. The van der Waals surface area contributed by atoms with Crippen molar-refractivity contribution in [2.75, 3.05) is 12.3 Å². The fourth-order valence-electron chi connectivity index (χ4n) is 1.52. The highest BCUT2D eigenvalue weighted by Crippen LogP contribution is 2.15. The molecular weight excluding hydrogens is 190 g/mol. The average Bonchev–Trinajstić information content (AvgIpc) is 2.53. The molecule has 0 atom stereocenters. The maximum atomic E-state index is 8.70. The Labute approximate surface area is 87.7 Å². The molecule has 0 unspecified atom stereocenters. The Morgan fingerprint density at radius 3 is 3.07 bits per heavy atom. The summed E-state index contributed by atoms with van der Waals surface area (Å²) >= 11 is 0. The number of aromatic nitrogens is 2. The average molecular weight is 203 g/mol. The van der Waals surface area contributed by atoms with Crippen molar-refractivity contribution < 1.29 is 5.11 Å². The zero-order chi connectivity index (χ0) is 10.8. The van der Waals surface area contributed by atoms with E-state index in [1.807, 2.05) is 29.7 Å². The number of imidazole rings is 1. The number of hydrogen-bond donors (Lipinski definition) is 2. The SMILES string of the molecule is Cc1c(/C=C/CO)nc2ccc(N)cn12. The van der Waals surface area contributed by atoms with Gasteiger partial charge < -0.3 is 15.2 Å². The molecule has 0 fully saturated rings. The van der Waals surface area contributed by atoms with Gasteiger partial charge in [-0.15, -0.1) is 0 Å². The number of nitrogens with zero attached hydrogens (tertiary/aromatic N) is 2. The van der Waals surface area contributed by atoms with Crippen molar-refractivity contribution in [1.29, 1.82) is 0 Å². The van der Waals surface area contributed by atoms with Gasteiger partial charge >= 0.3 is 0 Å². The molecule has 4 heteroatoms. The summed E-state index contributed by atoms with van der Waals surface area (Å²) in [6.07, 6.45) is 5.31. The molecule has 4 nitrogen and oxygen atoms in total. The summed E-state index contributed by atoms with van der Waals surface area (Å²) in [5, 5.41) is 8.70. The fourth-order valence-corrected chi connectivity index (χ4v) is 1.52. The number of nitrogens with two attached hydrogens (primary N) is 1. The van der Waals surface area contributed by atoms with Gasteiger partial charge in [-0.3, -0.25) is 0 Å². The molecular formula is C11H13N3O. The lowest BCUT2D eigenvalue weighted by molar-refractivity contribution is 0.343. The van der Waals surface area contributed by atoms with Crippen molar-refractivity contribution in [3.05, 3.63) is 35.8 Å². The van der Waals surface area contributed by atoms with E-state index in [0.717, 1.165) is 17.0 Å². The van der Waals surface area contributed by atoms with Crippen LogP contribution < -0.4 is 5.73 Å². The van der Waals surface area contributed by atoms with Crippen LogP contribution in [0.4, 0.5) is 5.69 Å². The van der Waals surface area contributed by atoms with Gasteiger partial charge in [0.25, 0.3) is 0 Å². The Balaban J connectivity index is 2.59. The van der Waals surface area contributed by atoms with Crippen LogP contribution in [0.1, 0.15) is 11.4 Å². The van der Waals surface area contributed by atoms with Gasteiger partial charge in [-0.2, -0.15) is 0 Å². The van der Waals surface area contributed by atoms with Crippen molar-refractivity contribution in [1.82, 2.24) is 9.38 Å². The van der Waals surface area contributed by atoms with Crippen molar-refractivity contribution in [3.8, 4) is 0 Å². The van der Waals surface area contributed by atoms with Crippen molar-refractivity contribution >= 4 is 17.4 Å². The minimum atomic E-state index is 0.0233. The molecule has 0 aliphatic heterocycles. The summed E-state index contributed by atoms with van der Waals surface area (Å²) in [5.41, 5.74) is 9.14. The molecule has 2 aromatic heterocycles. The van der Waals surface area contributed by atoms with Crippen LogP contribution in [0.3, 0.4) is 0 Å². The Kier molecular flexibility index (Phi) is 2.43. The first-order chi connectivity index (χ1) is 7.22. The summed E-state index contributed by atoms with van der Waals surface area (Å²) in [7, 11) is 0. The molecule has 0 amide bonds. The van der Waals surface area contributed by atoms with E-state index in [1.165, 1.54) is 0 Å². The molecule has 0 spiro atoms. The van der Waals surface area contributed by atoms with Crippen molar-refractivity contribution in [3.63, 3.8) is 0 Å². The summed E-state index contributed by atoms with van der Waals surface area (Å²) in [6.45, 7) is 1.99. The lowest BCUT2D eigenvalue weighted by Gasteiger charge is -1.97. The van der Waals surface area contributed by atoms with Gasteiger partial charge in [0.2, 0.25) is 0 Å². The predicted molar refractivity (Wildman–Crippen MR) is 60.5 cm³/mol. The number of nitrogen functional groups attached to an aromatic ring is 1. The molecule has 0 saturated heterocycles. The van der Waals surface area contributed by atoms with E-state index < -0.39 is 0 Å². The van der Waals surface area contributed by atoms with Gasteiger partial charge in [0.05, 0.1) is 12.3 Å². The minimum Gasteiger partial charge on any atom is -0.398 e. The van der Waals surface area contributed by atoms with Crippen molar-refractivity contribution in [2.24, 2.45) is 0 Å². The molecule has 2 heterocycles. The molecule has 0 aliphatic carbocycles. The fraction of sp³-hybridized carbons (Fsp3) is 0.182. The van der Waals surface area contributed by atoms with Gasteiger partial charge in [-0.25, -0.2) is 4.98 Å². The number of rotatable bonds is 2. The van der Waals surface area contributed by atoms with E-state index >= 15 is 0 Å². The largest absolute Gasteiger partial charge is 0.398 e. The third-order valence-corrected chi connectivity index (χ3v) is 2.30. The number of pyridine rings is 1. The van der Waals surface area contributed by atoms with Gasteiger partial charge in [-0.1, -0.05) is 6.08 Å². The smallest absolute Gasteiger partial charge is 0.137 e. The topological polar surface area (TPSA) is 63.5 Å². The first kappa shape index (κ1) is 9.73. The number of anilines is 1. The molecule has 0 bridgehead atoms. The first-order valence-corrected chi connectivity index (χ1v) is 4.74. The molecule has 0 aliphatic rings. The van der Waals surface area contributed by atoms with Crippen LogP contribution in [0.25, 0.3) is 11.7 Å². The van der Waals surface area contributed by atoms with Crippen LogP contribution in [0.5, 0.6) is 0 Å². The summed E-state index contributed by atoms with van der Waals surface area (Å²) in [5.74, 6) is 0. The van der Waals surface area contributed by atoms with E-state index in [9.17, 15) is 0 Å². The minimum absolute atomic E-state index is 0.0233. The standard InChI is InChI=1S/C11H13N3O/c1-8-10(3-2-6-15)13-11-5-4-9(12)7-14(8)11/h2-5,7,15H,6,12H2,1H3/b3-2+. The number of aliphatic hydroxyl groups is 1. The number of hydrogen-bond acceptors (Lipinski definition) is 3. The van der Waals surface area contributed by atoms with Crippen LogP contribution in [0.15, 0.2) is 24.4 Å². The lowest BCUT2D eigenvalue weighted by Crippen LogP contribution is -1.91. The Morgan fingerprint density at radius 1 is 1.53 bits per heavy atom. The highest BCUT2D eigenvalue weighted by Gasteiger charge is 2.04. The number of fused-ring (bicyclic) bond motifs is 1. The molecule has 2 aromatic rings. The monoisotopic (exact) mass is 203 g/mol. The van der Waals surface area contributed by atoms with Gasteiger partial charge in [0.1, 0.15) is 5.65 Å². The number of aliphatic hydroxyl groups excluding tert-OH is 1. The zero-order valence-electron chi connectivity index (χ0n) is 8.51. The van der Waals surface area contributed by atoms with Gasteiger partial charge in [0.15, 0.2) is 0 Å². The van der Waals surface area contributed by atoms with E-state index in [4.69, 9.17) is 10.8 Å². The Hall–Kier alpha value is -1.81. The van der Waals surface area contributed by atoms with E-state index in [1.54, 1.807) is 12.2 Å². The quantitative estimate of drug-likeness (QED) is 0.771. The van der Waals surface area contributed by atoms with Crippen molar-refractivity contribution in [2.45, 2.75) is 6.92 Å². The molecule has 0 aromatic carbocycles. The maximum absolute atomic E-state index is 8.70. The molecule has 0 saturated carbocycles. The second kappa shape index (κ2) is 3.74. The van der Waals surface area contributed by atoms with E-state index in [-0.39, 0.29) is 6.61 Å². The molecule has 3 N–H and O–H groups in total. The number of aryl methyl sites for hydroxylation is 1. The second-order valence-corrected chi connectivity index (χ2v) is 3.36. The molecule has 15 heavy (non-hydrogen) atoms. The first-order valence-electron chi connectivity index (χ1n) is 4.74. The zero-order valence-corrected chi connectivity index (χ0v) is 8.51. The second-order valence-electron chi connectivity index (χ2n) is 3.36. The third-order valence-electron chi connectivity index (χ3n) is 2.30. The van der Waals surface area contributed by atoms with Gasteiger partial charge in [0, 0.05) is 17.6 Å². The summed E-state index contributed by atoms with van der Waals surface area (Å²) in [6, 6.07) is 3.69. The Morgan fingerprint density at radius 2 is 2.33 bits per heavy atom. The highest BCUT2D eigenvalue weighted by atomic mass is 16.2. The summed E-state index contributed by atoms with van der Waals surface area (Å²) in [4.78, 5) is 4.40. The maximum Gasteiger partial charge on any atom is 0.137 e. The lowest BCUT2D eigenvalue weighted by atomic mass is 10.3. The van der Waals surface area contributed by atoms with E-state index in [0.29, 0.717) is 5.69 Å². The molecule has 2 rings (SSSR count). The van der Waals surface area contributed by atoms with Crippen LogP contribution >= 0.6 is 0 Å². The van der Waals surface area contributed by atoms with E-state index in [2.05, 4.69) is 4.98 Å². The molecule has 78 valence electrons. The summed E-state index contributed by atoms with van der Waals surface area (Å²) < 4.78 is 1.94. The predicted octanol–water partition coefficient (Wildman–Crippen LogP) is 1.23. The Bertz CT molecular complexity index is 514. The van der Waals surface area contributed by atoms with Crippen LogP contribution in [0, 0.1) is 6.92 Å². The third kappa shape index (κ3) is 1.71. The van der Waals surface area contributed by atoms with Crippen LogP contribution in [0.2, 0.25) is 0 Å².